The molecule has 1 aromatic rings. The first-order chi connectivity index (χ1) is 6.63. The molecule has 3 nitrogen and oxygen atoms in total. The maximum atomic E-state index is 10.6. The SMILES string of the molecule is CCc1ccc(C(C)=NNC(C)=O)s1. The minimum absolute atomic E-state index is 0.142. The minimum atomic E-state index is -0.142. The van der Waals surface area contributed by atoms with Gasteiger partial charge in [0.25, 0.3) is 0 Å². The van der Waals surface area contributed by atoms with Crippen LogP contribution in [0.2, 0.25) is 0 Å². The summed E-state index contributed by atoms with van der Waals surface area (Å²) in [6.45, 7) is 5.46. The van der Waals surface area contributed by atoms with Gasteiger partial charge in [-0.1, -0.05) is 6.92 Å². The van der Waals surface area contributed by atoms with E-state index in [0.29, 0.717) is 0 Å². The van der Waals surface area contributed by atoms with Crippen molar-refractivity contribution in [1.82, 2.24) is 5.43 Å². The van der Waals surface area contributed by atoms with Crippen molar-refractivity contribution in [2.45, 2.75) is 27.2 Å². The van der Waals surface area contributed by atoms with Gasteiger partial charge in [0.15, 0.2) is 0 Å². The first-order valence-corrected chi connectivity index (χ1v) is 5.35. The molecule has 0 aliphatic carbocycles. The Hall–Kier alpha value is -1.16. The Labute approximate surface area is 87.8 Å². The number of hydrogen-bond donors (Lipinski definition) is 1. The molecule has 0 aromatic carbocycles. The summed E-state index contributed by atoms with van der Waals surface area (Å²) in [4.78, 5) is 13.1. The monoisotopic (exact) mass is 210 g/mol. The van der Waals surface area contributed by atoms with E-state index in [-0.39, 0.29) is 5.91 Å². The number of thiophene rings is 1. The lowest BCUT2D eigenvalue weighted by Crippen LogP contribution is -2.14. The molecule has 0 radical (unpaired) electrons. The molecule has 1 N–H and O–H groups in total. The summed E-state index contributed by atoms with van der Waals surface area (Å²) in [5.74, 6) is -0.142. The van der Waals surface area contributed by atoms with Crippen LogP contribution in [-0.4, -0.2) is 11.6 Å². The fourth-order valence-electron chi connectivity index (χ4n) is 0.980. The lowest BCUT2D eigenvalue weighted by Gasteiger charge is -1.96. The average molecular weight is 210 g/mol. The zero-order valence-corrected chi connectivity index (χ0v) is 9.44. The number of hydrogen-bond acceptors (Lipinski definition) is 3. The van der Waals surface area contributed by atoms with Crippen LogP contribution >= 0.6 is 11.3 Å². The molecule has 0 unspecified atom stereocenters. The van der Waals surface area contributed by atoms with Gasteiger partial charge >= 0.3 is 0 Å². The molecule has 0 atom stereocenters. The summed E-state index contributed by atoms with van der Waals surface area (Å²) < 4.78 is 0. The van der Waals surface area contributed by atoms with Crippen molar-refractivity contribution in [2.24, 2.45) is 5.10 Å². The van der Waals surface area contributed by atoms with E-state index in [1.165, 1.54) is 11.8 Å². The lowest BCUT2D eigenvalue weighted by atomic mass is 10.3. The lowest BCUT2D eigenvalue weighted by molar-refractivity contribution is -0.118. The topological polar surface area (TPSA) is 41.5 Å². The van der Waals surface area contributed by atoms with Crippen molar-refractivity contribution in [3.63, 3.8) is 0 Å². The van der Waals surface area contributed by atoms with Gasteiger partial charge < -0.3 is 0 Å². The van der Waals surface area contributed by atoms with Crippen LogP contribution in [0.5, 0.6) is 0 Å². The molecule has 14 heavy (non-hydrogen) atoms. The molecule has 1 aromatic heterocycles. The fraction of sp³-hybridized carbons (Fsp3) is 0.400. The standard InChI is InChI=1S/C10H14N2OS/c1-4-9-5-6-10(14-9)7(2)11-12-8(3)13/h5-6H,4H2,1-3H3,(H,12,13). The van der Waals surface area contributed by atoms with Crippen LogP contribution in [0.15, 0.2) is 17.2 Å². The molecule has 76 valence electrons. The van der Waals surface area contributed by atoms with Crippen LogP contribution < -0.4 is 5.43 Å². The van der Waals surface area contributed by atoms with Gasteiger partial charge in [0.05, 0.1) is 10.6 Å². The first kappa shape index (κ1) is 10.9. The van der Waals surface area contributed by atoms with Gasteiger partial charge in [0, 0.05) is 11.8 Å². The zero-order valence-electron chi connectivity index (χ0n) is 8.63. The highest BCUT2D eigenvalue weighted by Crippen LogP contribution is 2.17. The number of nitrogens with one attached hydrogen (secondary N) is 1. The molecular formula is C10H14N2OS. The molecular weight excluding hydrogens is 196 g/mol. The number of carbonyl (C=O) groups excluding carboxylic acids is 1. The molecule has 0 spiro atoms. The largest absolute Gasteiger partial charge is 0.274 e. The summed E-state index contributed by atoms with van der Waals surface area (Å²) in [5.41, 5.74) is 3.28. The number of hydrazone groups is 1. The van der Waals surface area contributed by atoms with Crippen molar-refractivity contribution in [1.29, 1.82) is 0 Å². The highest BCUT2D eigenvalue weighted by Gasteiger charge is 2.01. The highest BCUT2D eigenvalue weighted by atomic mass is 32.1. The van der Waals surface area contributed by atoms with Gasteiger partial charge in [-0.2, -0.15) is 5.10 Å². The third-order valence-corrected chi connectivity index (χ3v) is 3.09. The van der Waals surface area contributed by atoms with E-state index < -0.39 is 0 Å². The summed E-state index contributed by atoms with van der Waals surface area (Å²) in [7, 11) is 0. The van der Waals surface area contributed by atoms with Gasteiger partial charge in [-0.15, -0.1) is 11.3 Å². The molecule has 0 fully saturated rings. The van der Waals surface area contributed by atoms with Crippen LogP contribution in [0, 0.1) is 0 Å². The molecule has 0 saturated carbocycles. The van der Waals surface area contributed by atoms with Gasteiger partial charge in [-0.05, 0) is 25.5 Å². The second kappa shape index (κ2) is 4.91. The summed E-state index contributed by atoms with van der Waals surface area (Å²) in [6.07, 6.45) is 1.04. The number of amides is 1. The van der Waals surface area contributed by atoms with E-state index >= 15 is 0 Å². The maximum Gasteiger partial charge on any atom is 0.236 e. The predicted molar refractivity (Wildman–Crippen MR) is 59.7 cm³/mol. The van der Waals surface area contributed by atoms with Crippen molar-refractivity contribution < 1.29 is 4.79 Å². The van der Waals surface area contributed by atoms with Gasteiger partial charge in [-0.25, -0.2) is 5.43 Å². The normalized spacial score (nSPS) is 11.5. The number of rotatable bonds is 3. The Morgan fingerprint density at radius 3 is 2.71 bits per heavy atom. The molecule has 0 aliphatic rings. The molecule has 0 saturated heterocycles. The molecule has 1 heterocycles. The van der Waals surface area contributed by atoms with Crippen LogP contribution in [0.1, 0.15) is 30.5 Å². The summed E-state index contributed by atoms with van der Waals surface area (Å²) >= 11 is 1.71. The van der Waals surface area contributed by atoms with E-state index in [4.69, 9.17) is 0 Å². The molecule has 0 bridgehead atoms. The van der Waals surface area contributed by atoms with Crippen LogP contribution in [0.25, 0.3) is 0 Å². The van der Waals surface area contributed by atoms with Gasteiger partial charge in [-0.3, -0.25) is 4.79 Å². The molecule has 1 amide bonds. The Morgan fingerprint density at radius 1 is 1.50 bits per heavy atom. The Kier molecular flexibility index (Phi) is 3.83. The molecule has 4 heteroatoms. The van der Waals surface area contributed by atoms with Crippen LogP contribution in [0.4, 0.5) is 0 Å². The van der Waals surface area contributed by atoms with E-state index in [2.05, 4.69) is 23.5 Å². The fourth-order valence-corrected chi connectivity index (χ4v) is 1.87. The predicted octanol–water partition coefficient (Wildman–Crippen LogP) is 2.17. The number of carbonyl (C=O) groups is 1. The van der Waals surface area contributed by atoms with Crippen molar-refractivity contribution >= 4 is 23.0 Å². The van der Waals surface area contributed by atoms with E-state index in [1.807, 2.05) is 13.0 Å². The van der Waals surface area contributed by atoms with Crippen molar-refractivity contribution in [2.75, 3.05) is 0 Å². The van der Waals surface area contributed by atoms with Crippen LogP contribution in [0.3, 0.4) is 0 Å². The van der Waals surface area contributed by atoms with E-state index in [0.717, 1.165) is 17.0 Å². The zero-order chi connectivity index (χ0) is 10.6. The molecule has 1 rings (SSSR count). The van der Waals surface area contributed by atoms with Gasteiger partial charge in [0.2, 0.25) is 5.91 Å². The first-order valence-electron chi connectivity index (χ1n) is 4.53. The maximum absolute atomic E-state index is 10.6. The van der Waals surface area contributed by atoms with Crippen molar-refractivity contribution in [3.8, 4) is 0 Å². The Bertz CT molecular complexity index is 355. The second-order valence-corrected chi connectivity index (χ2v) is 4.15. The average Bonchev–Trinajstić information content (AvgIpc) is 2.62. The number of nitrogens with zero attached hydrogens (tertiary/aromatic N) is 1. The van der Waals surface area contributed by atoms with E-state index in [1.54, 1.807) is 11.3 Å². The third-order valence-electron chi connectivity index (χ3n) is 1.75. The quantitative estimate of drug-likeness (QED) is 0.603. The number of aryl methyl sites for hydroxylation is 1. The van der Waals surface area contributed by atoms with Gasteiger partial charge in [0.1, 0.15) is 0 Å². The smallest absolute Gasteiger partial charge is 0.236 e. The van der Waals surface area contributed by atoms with E-state index in [9.17, 15) is 4.79 Å². The highest BCUT2D eigenvalue weighted by molar-refractivity contribution is 7.14. The second-order valence-electron chi connectivity index (χ2n) is 2.98. The minimum Gasteiger partial charge on any atom is -0.274 e. The van der Waals surface area contributed by atoms with Crippen LogP contribution in [-0.2, 0) is 11.2 Å². The summed E-state index contributed by atoms with van der Waals surface area (Å²) in [6, 6.07) is 4.12. The Balaban J connectivity index is 2.73. The molecule has 0 aliphatic heterocycles. The summed E-state index contributed by atoms with van der Waals surface area (Å²) in [5, 5.41) is 3.97. The third kappa shape index (κ3) is 2.96. The van der Waals surface area contributed by atoms with Crippen molar-refractivity contribution in [3.05, 3.63) is 21.9 Å². The Morgan fingerprint density at radius 2 is 2.21 bits per heavy atom.